The van der Waals surface area contributed by atoms with Crippen molar-refractivity contribution in [2.75, 3.05) is 5.75 Å². The summed E-state index contributed by atoms with van der Waals surface area (Å²) in [5.41, 5.74) is 0.145. The number of thioether (sulfide) groups is 1. The Hall–Kier alpha value is 0.400. The van der Waals surface area contributed by atoms with Gasteiger partial charge in [-0.25, -0.2) is 0 Å². The van der Waals surface area contributed by atoms with Crippen LogP contribution in [0.5, 0.6) is 0 Å². The highest BCUT2D eigenvalue weighted by molar-refractivity contribution is 8.23. The van der Waals surface area contributed by atoms with Crippen molar-refractivity contribution in [3.05, 3.63) is 0 Å². The van der Waals surface area contributed by atoms with Gasteiger partial charge in [-0.1, -0.05) is 46.8 Å². The number of aliphatic hydroxyl groups excluding tert-OH is 1. The molecule has 0 rings (SSSR count). The van der Waals surface area contributed by atoms with E-state index in [1.807, 2.05) is 0 Å². The van der Waals surface area contributed by atoms with E-state index in [0.29, 0.717) is 6.42 Å². The van der Waals surface area contributed by atoms with Crippen molar-refractivity contribution in [2.24, 2.45) is 11.3 Å². The molecule has 0 aliphatic rings. The Morgan fingerprint density at radius 1 is 1.43 bits per heavy atom. The molecule has 1 nitrogen and oxygen atoms in total. The maximum Gasteiger partial charge on any atom is 0.0624 e. The van der Waals surface area contributed by atoms with E-state index in [-0.39, 0.29) is 17.4 Å². The van der Waals surface area contributed by atoms with E-state index in [9.17, 15) is 5.11 Å². The van der Waals surface area contributed by atoms with Crippen molar-refractivity contribution < 1.29 is 5.11 Å². The molecule has 0 aliphatic heterocycles. The molecule has 0 aromatic carbocycles. The van der Waals surface area contributed by atoms with Gasteiger partial charge in [0.25, 0.3) is 0 Å². The summed E-state index contributed by atoms with van der Waals surface area (Å²) in [6, 6.07) is 0. The SMILES string of the molecule is CCSC(=S)C[C@@H](O)[C@H](C)C(C)(C)C. The highest BCUT2D eigenvalue weighted by Gasteiger charge is 2.27. The molecule has 0 spiro atoms. The molecule has 84 valence electrons. The summed E-state index contributed by atoms with van der Waals surface area (Å²) in [6.07, 6.45) is 0.341. The fraction of sp³-hybridized carbons (Fsp3) is 0.909. The van der Waals surface area contributed by atoms with Crippen LogP contribution >= 0.6 is 24.0 Å². The van der Waals surface area contributed by atoms with Crippen LogP contribution in [0.15, 0.2) is 0 Å². The summed E-state index contributed by atoms with van der Waals surface area (Å²) < 4.78 is 0.927. The first kappa shape index (κ1) is 14.4. The summed E-state index contributed by atoms with van der Waals surface area (Å²) in [6.45, 7) is 10.6. The fourth-order valence-electron chi connectivity index (χ4n) is 1.14. The maximum absolute atomic E-state index is 9.95. The van der Waals surface area contributed by atoms with Crippen LogP contribution in [0.4, 0.5) is 0 Å². The van der Waals surface area contributed by atoms with Crippen LogP contribution in [0.2, 0.25) is 0 Å². The van der Waals surface area contributed by atoms with E-state index in [2.05, 4.69) is 34.6 Å². The third-order valence-electron chi connectivity index (χ3n) is 2.62. The Labute approximate surface area is 97.7 Å². The highest BCUT2D eigenvalue weighted by atomic mass is 32.2. The maximum atomic E-state index is 9.95. The van der Waals surface area contributed by atoms with Gasteiger partial charge in [0.15, 0.2) is 0 Å². The lowest BCUT2D eigenvalue weighted by molar-refractivity contribution is 0.0606. The Bertz CT molecular complexity index is 184. The molecule has 3 heteroatoms. The first-order chi connectivity index (χ1) is 6.29. The van der Waals surface area contributed by atoms with E-state index in [4.69, 9.17) is 12.2 Å². The van der Waals surface area contributed by atoms with Gasteiger partial charge >= 0.3 is 0 Å². The zero-order valence-electron chi connectivity index (χ0n) is 9.83. The number of hydrogen-bond acceptors (Lipinski definition) is 3. The molecule has 0 bridgehead atoms. The van der Waals surface area contributed by atoms with Gasteiger partial charge in [0.1, 0.15) is 0 Å². The van der Waals surface area contributed by atoms with E-state index in [1.54, 1.807) is 11.8 Å². The molecule has 2 atom stereocenters. The van der Waals surface area contributed by atoms with Gasteiger partial charge in [-0.2, -0.15) is 0 Å². The molecule has 0 radical (unpaired) electrons. The minimum atomic E-state index is -0.304. The Balaban J connectivity index is 4.08. The van der Waals surface area contributed by atoms with Crippen LogP contribution in [0, 0.1) is 11.3 Å². The molecule has 0 aliphatic carbocycles. The van der Waals surface area contributed by atoms with Crippen LogP contribution in [0.1, 0.15) is 41.0 Å². The normalized spacial score (nSPS) is 16.4. The van der Waals surface area contributed by atoms with Crippen LogP contribution < -0.4 is 0 Å². The summed E-state index contributed by atoms with van der Waals surface area (Å²) in [5, 5.41) is 9.95. The van der Waals surface area contributed by atoms with Crippen molar-refractivity contribution in [1.82, 2.24) is 0 Å². The van der Waals surface area contributed by atoms with Gasteiger partial charge < -0.3 is 5.11 Å². The largest absolute Gasteiger partial charge is 0.392 e. The van der Waals surface area contributed by atoms with Crippen LogP contribution in [0.3, 0.4) is 0 Å². The molecule has 0 fully saturated rings. The van der Waals surface area contributed by atoms with Crippen molar-refractivity contribution in [1.29, 1.82) is 0 Å². The van der Waals surface area contributed by atoms with Gasteiger partial charge in [-0.3, -0.25) is 0 Å². The van der Waals surface area contributed by atoms with Crippen molar-refractivity contribution in [3.8, 4) is 0 Å². The van der Waals surface area contributed by atoms with Crippen molar-refractivity contribution >= 4 is 28.2 Å². The zero-order chi connectivity index (χ0) is 11.4. The lowest BCUT2D eigenvalue weighted by atomic mass is 9.78. The van der Waals surface area contributed by atoms with Crippen LogP contribution in [-0.2, 0) is 0 Å². The Morgan fingerprint density at radius 2 is 1.93 bits per heavy atom. The first-order valence-corrected chi connectivity index (χ1v) is 6.52. The van der Waals surface area contributed by atoms with E-state index in [1.165, 1.54) is 0 Å². The summed E-state index contributed by atoms with van der Waals surface area (Å²) >= 11 is 6.83. The Kier molecular flexibility index (Phi) is 6.26. The van der Waals surface area contributed by atoms with Gasteiger partial charge in [-0.15, -0.1) is 11.8 Å². The predicted octanol–water partition coefficient (Wildman–Crippen LogP) is 3.50. The standard InChI is InChI=1S/C11H22OS2/c1-6-14-10(13)7-9(12)8(2)11(3,4)5/h8-9,12H,6-7H2,1-5H3/t8-,9+/m0/s1. The summed E-state index contributed by atoms with van der Waals surface area (Å²) in [7, 11) is 0. The lowest BCUT2D eigenvalue weighted by Gasteiger charge is -2.31. The average Bonchev–Trinajstić information content (AvgIpc) is 2.01. The van der Waals surface area contributed by atoms with Gasteiger partial charge in [0.05, 0.1) is 10.3 Å². The molecular formula is C11H22OS2. The highest BCUT2D eigenvalue weighted by Crippen LogP contribution is 2.30. The monoisotopic (exact) mass is 234 g/mol. The third-order valence-corrected chi connectivity index (χ3v) is 3.92. The lowest BCUT2D eigenvalue weighted by Crippen LogP contribution is -2.30. The van der Waals surface area contributed by atoms with Gasteiger partial charge in [0.2, 0.25) is 0 Å². The number of hydrogen-bond donors (Lipinski definition) is 1. The second kappa shape index (κ2) is 6.09. The van der Waals surface area contributed by atoms with Crippen molar-refractivity contribution in [3.63, 3.8) is 0 Å². The molecule has 0 heterocycles. The van der Waals surface area contributed by atoms with Crippen LogP contribution in [-0.4, -0.2) is 21.2 Å². The number of rotatable bonds is 4. The predicted molar refractivity (Wildman–Crippen MR) is 70.0 cm³/mol. The molecule has 14 heavy (non-hydrogen) atoms. The summed E-state index contributed by atoms with van der Waals surface area (Å²) in [5.74, 6) is 1.27. The topological polar surface area (TPSA) is 20.2 Å². The molecule has 0 saturated carbocycles. The molecule has 0 aromatic rings. The molecule has 0 aromatic heterocycles. The van der Waals surface area contributed by atoms with Gasteiger partial charge in [0, 0.05) is 6.42 Å². The van der Waals surface area contributed by atoms with Crippen LogP contribution in [0.25, 0.3) is 0 Å². The van der Waals surface area contributed by atoms with E-state index >= 15 is 0 Å². The molecule has 0 saturated heterocycles. The second-order valence-corrected chi connectivity index (χ2v) is 6.84. The average molecular weight is 234 g/mol. The Morgan fingerprint density at radius 3 is 2.29 bits per heavy atom. The smallest absolute Gasteiger partial charge is 0.0624 e. The quantitative estimate of drug-likeness (QED) is 0.752. The summed E-state index contributed by atoms with van der Waals surface area (Å²) in [4.78, 5) is 0. The molecular weight excluding hydrogens is 212 g/mol. The fourth-order valence-corrected chi connectivity index (χ4v) is 2.28. The zero-order valence-corrected chi connectivity index (χ0v) is 11.5. The van der Waals surface area contributed by atoms with E-state index in [0.717, 1.165) is 9.95 Å². The number of aliphatic hydroxyl groups is 1. The van der Waals surface area contributed by atoms with E-state index < -0.39 is 0 Å². The molecule has 0 unspecified atom stereocenters. The molecule has 0 amide bonds. The number of thiocarbonyl (C=S) groups is 1. The minimum Gasteiger partial charge on any atom is -0.392 e. The third kappa shape index (κ3) is 5.32. The second-order valence-electron chi connectivity index (χ2n) is 4.73. The van der Waals surface area contributed by atoms with Crippen molar-refractivity contribution in [2.45, 2.75) is 47.1 Å². The first-order valence-electron chi connectivity index (χ1n) is 5.12. The molecule has 1 N–H and O–H groups in total. The minimum absolute atomic E-state index is 0.145. The van der Waals surface area contributed by atoms with Gasteiger partial charge in [-0.05, 0) is 17.1 Å².